The number of fused-ring (bicyclic) bond motifs is 1. The molecule has 1 saturated heterocycles. The first-order chi connectivity index (χ1) is 11.2. The topological polar surface area (TPSA) is 63.7 Å². The highest BCUT2D eigenvalue weighted by atomic mass is 32.1. The van der Waals surface area contributed by atoms with Crippen LogP contribution in [0, 0.1) is 0 Å². The average molecular weight is 331 g/mol. The van der Waals surface area contributed by atoms with Crippen LogP contribution >= 0.6 is 11.3 Å². The highest BCUT2D eigenvalue weighted by Crippen LogP contribution is 2.36. The zero-order valence-corrected chi connectivity index (χ0v) is 13.6. The minimum Gasteiger partial charge on any atom is -0.454 e. The number of benzene rings is 1. The molecule has 1 atom stereocenters. The number of rotatable bonds is 3. The Balaban J connectivity index is 1.55. The van der Waals surface area contributed by atoms with E-state index in [2.05, 4.69) is 10.3 Å². The van der Waals surface area contributed by atoms with Gasteiger partial charge in [-0.05, 0) is 31.2 Å². The summed E-state index contributed by atoms with van der Waals surface area (Å²) >= 11 is 1.47. The van der Waals surface area contributed by atoms with Gasteiger partial charge in [0, 0.05) is 30.6 Å². The van der Waals surface area contributed by atoms with E-state index in [0.717, 1.165) is 41.6 Å². The van der Waals surface area contributed by atoms with Gasteiger partial charge in [0.15, 0.2) is 11.5 Å². The summed E-state index contributed by atoms with van der Waals surface area (Å²) in [7, 11) is 1.85. The van der Waals surface area contributed by atoms with Crippen LogP contribution < -0.4 is 14.8 Å². The van der Waals surface area contributed by atoms with Crippen LogP contribution in [0.15, 0.2) is 23.6 Å². The van der Waals surface area contributed by atoms with Gasteiger partial charge >= 0.3 is 0 Å². The molecule has 2 aliphatic heterocycles. The van der Waals surface area contributed by atoms with Gasteiger partial charge in [-0.1, -0.05) is 0 Å². The van der Waals surface area contributed by atoms with Gasteiger partial charge in [0.2, 0.25) is 6.79 Å². The Kier molecular flexibility index (Phi) is 3.66. The van der Waals surface area contributed by atoms with Gasteiger partial charge in [0.05, 0.1) is 0 Å². The van der Waals surface area contributed by atoms with E-state index in [-0.39, 0.29) is 18.7 Å². The van der Waals surface area contributed by atoms with Crippen molar-refractivity contribution in [2.24, 2.45) is 0 Å². The molecule has 1 aromatic heterocycles. The van der Waals surface area contributed by atoms with Crippen LogP contribution in [0.3, 0.4) is 0 Å². The molecule has 7 heteroatoms. The van der Waals surface area contributed by atoms with Crippen molar-refractivity contribution in [1.29, 1.82) is 0 Å². The van der Waals surface area contributed by atoms with Crippen molar-refractivity contribution in [1.82, 2.24) is 15.2 Å². The second-order valence-corrected chi connectivity index (χ2v) is 6.53. The Morgan fingerprint density at radius 1 is 1.39 bits per heavy atom. The number of ether oxygens (including phenoxy) is 2. The zero-order valence-electron chi connectivity index (χ0n) is 12.7. The molecule has 23 heavy (non-hydrogen) atoms. The van der Waals surface area contributed by atoms with Crippen LogP contribution in [0.2, 0.25) is 0 Å². The molecule has 0 bridgehead atoms. The van der Waals surface area contributed by atoms with E-state index in [0.29, 0.717) is 5.69 Å². The summed E-state index contributed by atoms with van der Waals surface area (Å²) in [6.45, 7) is 2.06. The van der Waals surface area contributed by atoms with Crippen molar-refractivity contribution in [3.8, 4) is 22.1 Å². The highest BCUT2D eigenvalue weighted by molar-refractivity contribution is 7.13. The van der Waals surface area contributed by atoms with Gasteiger partial charge < -0.3 is 19.7 Å². The first kappa shape index (κ1) is 14.5. The van der Waals surface area contributed by atoms with Gasteiger partial charge in [-0.15, -0.1) is 11.3 Å². The molecule has 6 nitrogen and oxygen atoms in total. The van der Waals surface area contributed by atoms with Crippen molar-refractivity contribution in [2.45, 2.75) is 12.5 Å². The van der Waals surface area contributed by atoms with Gasteiger partial charge in [0.1, 0.15) is 10.7 Å². The maximum Gasteiger partial charge on any atom is 0.273 e. The number of carbonyl (C=O) groups excluding carboxylic acids is 1. The Morgan fingerprint density at radius 2 is 2.26 bits per heavy atom. The second kappa shape index (κ2) is 5.82. The molecule has 0 aliphatic carbocycles. The lowest BCUT2D eigenvalue weighted by Gasteiger charge is -2.22. The number of hydrogen-bond acceptors (Lipinski definition) is 6. The number of nitrogens with zero attached hydrogens (tertiary/aromatic N) is 2. The standard InChI is InChI=1S/C16H17N3O3S/c1-19(11-4-5-17-7-11)16(20)12-8-23-15(18-12)10-2-3-13-14(6-10)22-9-21-13/h2-3,6,8,11,17H,4-5,7,9H2,1H3. The van der Waals surface area contributed by atoms with Gasteiger partial charge in [-0.3, -0.25) is 4.79 Å². The summed E-state index contributed by atoms with van der Waals surface area (Å²) in [6, 6.07) is 5.96. The first-order valence-electron chi connectivity index (χ1n) is 7.56. The van der Waals surface area contributed by atoms with Gasteiger partial charge in [-0.2, -0.15) is 0 Å². The summed E-state index contributed by atoms with van der Waals surface area (Å²) in [6.07, 6.45) is 0.987. The third-order valence-electron chi connectivity index (χ3n) is 4.25. The predicted molar refractivity (Wildman–Crippen MR) is 87.0 cm³/mol. The Hall–Kier alpha value is -2.12. The molecule has 1 N–H and O–H groups in total. The molecule has 2 aromatic rings. The Bertz CT molecular complexity index is 740. The lowest BCUT2D eigenvalue weighted by molar-refractivity contribution is 0.0739. The maximum absolute atomic E-state index is 12.6. The molecule has 3 heterocycles. The number of thiazole rings is 1. The second-order valence-electron chi connectivity index (χ2n) is 5.67. The molecule has 1 fully saturated rings. The fraction of sp³-hybridized carbons (Fsp3) is 0.375. The smallest absolute Gasteiger partial charge is 0.273 e. The summed E-state index contributed by atoms with van der Waals surface area (Å²) < 4.78 is 10.7. The van der Waals surface area contributed by atoms with Crippen molar-refractivity contribution >= 4 is 17.2 Å². The molecule has 4 rings (SSSR count). The van der Waals surface area contributed by atoms with Crippen LogP contribution in [0.25, 0.3) is 10.6 Å². The van der Waals surface area contributed by atoms with Gasteiger partial charge in [0.25, 0.3) is 5.91 Å². The number of carbonyl (C=O) groups is 1. The normalized spacial score (nSPS) is 19.1. The Labute approximate surface area is 138 Å². The first-order valence-corrected chi connectivity index (χ1v) is 8.44. The van der Waals surface area contributed by atoms with Crippen molar-refractivity contribution < 1.29 is 14.3 Å². The third-order valence-corrected chi connectivity index (χ3v) is 5.14. The number of aromatic nitrogens is 1. The fourth-order valence-electron chi connectivity index (χ4n) is 2.85. The van der Waals surface area contributed by atoms with Crippen LogP contribution in [0.4, 0.5) is 0 Å². The number of amides is 1. The Morgan fingerprint density at radius 3 is 3.09 bits per heavy atom. The van der Waals surface area contributed by atoms with Crippen molar-refractivity contribution in [3.63, 3.8) is 0 Å². The van der Waals surface area contributed by atoms with Gasteiger partial charge in [-0.25, -0.2) is 4.98 Å². The van der Waals surface area contributed by atoms with E-state index in [1.807, 2.05) is 30.6 Å². The van der Waals surface area contributed by atoms with E-state index in [1.165, 1.54) is 11.3 Å². The maximum atomic E-state index is 12.6. The van der Waals surface area contributed by atoms with Crippen LogP contribution in [0.1, 0.15) is 16.9 Å². The van der Waals surface area contributed by atoms with Crippen molar-refractivity contribution in [2.75, 3.05) is 26.9 Å². The largest absolute Gasteiger partial charge is 0.454 e. The number of likely N-dealkylation sites (N-methyl/N-ethyl adjacent to an activating group) is 1. The molecule has 120 valence electrons. The minimum absolute atomic E-state index is 0.0260. The van der Waals surface area contributed by atoms with E-state index in [9.17, 15) is 4.79 Å². The highest BCUT2D eigenvalue weighted by Gasteiger charge is 2.25. The number of hydrogen-bond donors (Lipinski definition) is 1. The molecule has 0 saturated carbocycles. The number of nitrogens with one attached hydrogen (secondary N) is 1. The quantitative estimate of drug-likeness (QED) is 0.932. The van der Waals surface area contributed by atoms with E-state index in [4.69, 9.17) is 9.47 Å². The molecule has 0 spiro atoms. The van der Waals surface area contributed by atoms with E-state index >= 15 is 0 Å². The molecule has 1 aromatic carbocycles. The van der Waals surface area contributed by atoms with Crippen LogP contribution in [0.5, 0.6) is 11.5 Å². The minimum atomic E-state index is -0.0260. The molecule has 0 radical (unpaired) electrons. The monoisotopic (exact) mass is 331 g/mol. The summed E-state index contributed by atoms with van der Waals surface area (Å²) in [5, 5.41) is 5.91. The van der Waals surface area contributed by atoms with E-state index < -0.39 is 0 Å². The molecular weight excluding hydrogens is 314 g/mol. The lowest BCUT2D eigenvalue weighted by Crippen LogP contribution is -2.38. The summed E-state index contributed by atoms with van der Waals surface area (Å²) in [5.41, 5.74) is 1.43. The molecule has 1 amide bonds. The van der Waals surface area contributed by atoms with Crippen LogP contribution in [-0.4, -0.2) is 48.8 Å². The SMILES string of the molecule is CN(C(=O)c1csc(-c2ccc3c(c2)OCO3)n1)C1CCNC1. The average Bonchev–Trinajstić information content (AvgIpc) is 3.33. The summed E-state index contributed by atoms with van der Waals surface area (Å²) in [5.74, 6) is 1.44. The van der Waals surface area contributed by atoms with E-state index in [1.54, 1.807) is 4.90 Å². The predicted octanol–water partition coefficient (Wildman–Crippen LogP) is 1.97. The molecule has 2 aliphatic rings. The third kappa shape index (κ3) is 2.66. The lowest BCUT2D eigenvalue weighted by atomic mass is 10.2. The zero-order chi connectivity index (χ0) is 15.8. The van der Waals surface area contributed by atoms with Crippen molar-refractivity contribution in [3.05, 3.63) is 29.3 Å². The molecule has 1 unspecified atom stereocenters. The molecular formula is C16H17N3O3S. The summed E-state index contributed by atoms with van der Waals surface area (Å²) in [4.78, 5) is 18.9. The van der Waals surface area contributed by atoms with Crippen LogP contribution in [-0.2, 0) is 0 Å². The fourth-order valence-corrected chi connectivity index (χ4v) is 3.64.